The van der Waals surface area contributed by atoms with Gasteiger partial charge >= 0.3 is 0 Å². The SMILES string of the molecule is C=CC=CC=CCC1OC1CC. The third kappa shape index (κ3) is 3.05. The maximum Gasteiger partial charge on any atom is 0.0876 e. The van der Waals surface area contributed by atoms with Crippen LogP contribution in [0, 0.1) is 0 Å². The number of rotatable bonds is 5. The van der Waals surface area contributed by atoms with Crippen LogP contribution in [0.25, 0.3) is 0 Å². The first-order valence-corrected chi connectivity index (χ1v) is 4.48. The molecule has 1 rings (SSSR count). The highest BCUT2D eigenvalue weighted by molar-refractivity contribution is 5.09. The third-order valence-corrected chi connectivity index (χ3v) is 1.95. The van der Waals surface area contributed by atoms with Crippen molar-refractivity contribution in [3.05, 3.63) is 37.0 Å². The van der Waals surface area contributed by atoms with Gasteiger partial charge in [0, 0.05) is 0 Å². The van der Waals surface area contributed by atoms with E-state index in [2.05, 4.69) is 19.6 Å². The van der Waals surface area contributed by atoms with Crippen LogP contribution in [0.15, 0.2) is 37.0 Å². The zero-order valence-corrected chi connectivity index (χ0v) is 7.57. The molecular weight excluding hydrogens is 148 g/mol. The van der Waals surface area contributed by atoms with Gasteiger partial charge in [-0.05, 0) is 12.8 Å². The largest absolute Gasteiger partial charge is 0.369 e. The van der Waals surface area contributed by atoms with E-state index >= 15 is 0 Å². The Hall–Kier alpha value is -0.820. The van der Waals surface area contributed by atoms with Crippen molar-refractivity contribution in [2.75, 3.05) is 0 Å². The van der Waals surface area contributed by atoms with Gasteiger partial charge in [-0.1, -0.05) is 43.9 Å². The first-order valence-electron chi connectivity index (χ1n) is 4.48. The Morgan fingerprint density at radius 2 is 2.08 bits per heavy atom. The molecule has 0 aromatic carbocycles. The fourth-order valence-electron chi connectivity index (χ4n) is 1.18. The van der Waals surface area contributed by atoms with E-state index in [1.54, 1.807) is 6.08 Å². The fourth-order valence-corrected chi connectivity index (χ4v) is 1.18. The summed E-state index contributed by atoms with van der Waals surface area (Å²) in [5, 5.41) is 0. The van der Waals surface area contributed by atoms with Gasteiger partial charge in [0.05, 0.1) is 12.2 Å². The minimum absolute atomic E-state index is 0.489. The van der Waals surface area contributed by atoms with Crippen LogP contribution in [0.3, 0.4) is 0 Å². The molecule has 66 valence electrons. The van der Waals surface area contributed by atoms with Crippen LogP contribution < -0.4 is 0 Å². The molecule has 1 saturated heterocycles. The first-order chi connectivity index (χ1) is 5.88. The van der Waals surface area contributed by atoms with Crippen LogP contribution in [0.2, 0.25) is 0 Å². The highest BCUT2D eigenvalue weighted by atomic mass is 16.6. The summed E-state index contributed by atoms with van der Waals surface area (Å²) in [5.74, 6) is 0. The van der Waals surface area contributed by atoms with Gasteiger partial charge in [-0.15, -0.1) is 0 Å². The lowest BCUT2D eigenvalue weighted by Gasteiger charge is -1.82. The molecule has 1 heterocycles. The minimum Gasteiger partial charge on any atom is -0.369 e. The molecule has 1 heteroatoms. The van der Waals surface area contributed by atoms with Gasteiger partial charge in [-0.3, -0.25) is 0 Å². The van der Waals surface area contributed by atoms with Crippen molar-refractivity contribution in [3.8, 4) is 0 Å². The molecule has 0 N–H and O–H groups in total. The van der Waals surface area contributed by atoms with Crippen LogP contribution >= 0.6 is 0 Å². The Bertz CT molecular complexity index is 191. The summed E-state index contributed by atoms with van der Waals surface area (Å²) in [7, 11) is 0. The smallest absolute Gasteiger partial charge is 0.0876 e. The number of ether oxygens (including phenoxy) is 1. The van der Waals surface area contributed by atoms with E-state index in [-0.39, 0.29) is 0 Å². The van der Waals surface area contributed by atoms with E-state index in [0.29, 0.717) is 12.2 Å². The van der Waals surface area contributed by atoms with Crippen molar-refractivity contribution < 1.29 is 4.74 Å². The number of epoxide rings is 1. The molecular formula is C11H16O. The van der Waals surface area contributed by atoms with E-state index in [1.165, 1.54) is 0 Å². The Morgan fingerprint density at radius 1 is 1.25 bits per heavy atom. The van der Waals surface area contributed by atoms with E-state index < -0.39 is 0 Å². The number of hydrogen-bond acceptors (Lipinski definition) is 1. The molecule has 0 aromatic rings. The zero-order valence-electron chi connectivity index (χ0n) is 7.57. The maximum atomic E-state index is 5.38. The summed E-state index contributed by atoms with van der Waals surface area (Å²) in [6.07, 6.45) is 13.0. The second kappa shape index (κ2) is 4.94. The molecule has 1 nitrogen and oxygen atoms in total. The summed E-state index contributed by atoms with van der Waals surface area (Å²) < 4.78 is 5.38. The van der Waals surface area contributed by atoms with Gasteiger partial charge < -0.3 is 4.74 Å². The third-order valence-electron chi connectivity index (χ3n) is 1.95. The zero-order chi connectivity index (χ0) is 8.81. The molecule has 0 radical (unpaired) electrons. The lowest BCUT2D eigenvalue weighted by Crippen LogP contribution is -1.88. The molecule has 0 spiro atoms. The fraction of sp³-hybridized carbons (Fsp3) is 0.455. The van der Waals surface area contributed by atoms with Crippen LogP contribution in [0.4, 0.5) is 0 Å². The summed E-state index contributed by atoms with van der Waals surface area (Å²) in [5.41, 5.74) is 0. The maximum absolute atomic E-state index is 5.38. The summed E-state index contributed by atoms with van der Waals surface area (Å²) in [6, 6.07) is 0. The second-order valence-electron chi connectivity index (χ2n) is 2.91. The Balaban J connectivity index is 2.06. The van der Waals surface area contributed by atoms with E-state index in [4.69, 9.17) is 4.74 Å². The summed E-state index contributed by atoms with van der Waals surface area (Å²) in [6.45, 7) is 5.74. The summed E-state index contributed by atoms with van der Waals surface area (Å²) >= 11 is 0. The van der Waals surface area contributed by atoms with Gasteiger partial charge in [0.2, 0.25) is 0 Å². The lowest BCUT2D eigenvalue weighted by atomic mass is 10.2. The predicted molar refractivity (Wildman–Crippen MR) is 52.0 cm³/mol. The Labute approximate surface area is 74.4 Å². The molecule has 1 aliphatic rings. The number of hydrogen-bond donors (Lipinski definition) is 0. The molecule has 2 unspecified atom stereocenters. The number of allylic oxidation sites excluding steroid dienone is 4. The monoisotopic (exact) mass is 164 g/mol. The average Bonchev–Trinajstić information content (AvgIpc) is 2.83. The van der Waals surface area contributed by atoms with Crippen molar-refractivity contribution in [2.45, 2.75) is 32.0 Å². The molecule has 2 atom stereocenters. The summed E-state index contributed by atoms with van der Waals surface area (Å²) in [4.78, 5) is 0. The van der Waals surface area contributed by atoms with Gasteiger partial charge in [0.15, 0.2) is 0 Å². The van der Waals surface area contributed by atoms with E-state index in [1.807, 2.05) is 18.2 Å². The van der Waals surface area contributed by atoms with Crippen molar-refractivity contribution in [1.29, 1.82) is 0 Å². The van der Waals surface area contributed by atoms with Crippen molar-refractivity contribution in [1.82, 2.24) is 0 Å². The second-order valence-corrected chi connectivity index (χ2v) is 2.91. The molecule has 0 bridgehead atoms. The van der Waals surface area contributed by atoms with Crippen molar-refractivity contribution in [3.63, 3.8) is 0 Å². The van der Waals surface area contributed by atoms with E-state index in [0.717, 1.165) is 12.8 Å². The van der Waals surface area contributed by atoms with Gasteiger partial charge in [0.25, 0.3) is 0 Å². The molecule has 0 aliphatic carbocycles. The minimum atomic E-state index is 0.489. The van der Waals surface area contributed by atoms with Crippen molar-refractivity contribution in [2.24, 2.45) is 0 Å². The molecule has 1 aliphatic heterocycles. The average molecular weight is 164 g/mol. The first kappa shape index (κ1) is 9.27. The topological polar surface area (TPSA) is 12.5 Å². The molecule has 0 saturated carbocycles. The lowest BCUT2D eigenvalue weighted by molar-refractivity contribution is 0.367. The van der Waals surface area contributed by atoms with Crippen LogP contribution in [-0.2, 0) is 4.74 Å². The highest BCUT2D eigenvalue weighted by Crippen LogP contribution is 2.27. The van der Waals surface area contributed by atoms with Gasteiger partial charge in [-0.2, -0.15) is 0 Å². The quantitative estimate of drug-likeness (QED) is 0.449. The Morgan fingerprint density at radius 3 is 2.67 bits per heavy atom. The van der Waals surface area contributed by atoms with E-state index in [9.17, 15) is 0 Å². The van der Waals surface area contributed by atoms with Crippen molar-refractivity contribution >= 4 is 0 Å². The van der Waals surface area contributed by atoms with Gasteiger partial charge in [-0.25, -0.2) is 0 Å². The highest BCUT2D eigenvalue weighted by Gasteiger charge is 2.35. The van der Waals surface area contributed by atoms with Crippen LogP contribution in [-0.4, -0.2) is 12.2 Å². The van der Waals surface area contributed by atoms with Crippen LogP contribution in [0.1, 0.15) is 19.8 Å². The van der Waals surface area contributed by atoms with Gasteiger partial charge in [0.1, 0.15) is 0 Å². The molecule has 1 fully saturated rings. The Kier molecular flexibility index (Phi) is 3.81. The van der Waals surface area contributed by atoms with Crippen LogP contribution in [0.5, 0.6) is 0 Å². The molecule has 12 heavy (non-hydrogen) atoms. The molecule has 0 amide bonds. The molecule has 0 aromatic heterocycles. The standard InChI is InChI=1S/C11H16O/c1-3-5-6-7-8-9-11-10(4-2)12-11/h3,5-8,10-11H,1,4,9H2,2H3. The normalized spacial score (nSPS) is 28.4. The predicted octanol–water partition coefficient (Wildman–Crippen LogP) is 2.85.